The van der Waals surface area contributed by atoms with E-state index in [4.69, 9.17) is 11.6 Å². The van der Waals surface area contributed by atoms with Crippen molar-refractivity contribution in [2.45, 2.75) is 19.2 Å². The summed E-state index contributed by atoms with van der Waals surface area (Å²) in [5, 5.41) is 5.98. The highest BCUT2D eigenvalue weighted by molar-refractivity contribution is 9.10. The molecule has 0 fully saturated rings. The molecule has 0 radical (unpaired) electrons. The average Bonchev–Trinajstić information content (AvgIpc) is 2.57. The normalized spacial score (nSPS) is 10.9. The molecule has 0 aliphatic rings. The molecule has 2 nitrogen and oxygen atoms in total. The first kappa shape index (κ1) is 13.1. The maximum atomic E-state index is 6.28. The van der Waals surface area contributed by atoms with E-state index in [2.05, 4.69) is 37.0 Å². The Hall–Kier alpha value is -0.320. The summed E-state index contributed by atoms with van der Waals surface area (Å²) in [6.45, 7) is 3.98. The second kappa shape index (κ2) is 5.12. The molecule has 1 aromatic heterocycles. The second-order valence-corrected chi connectivity index (χ2v) is 5.58. The standard InChI is InChI=1S/C12H11Br2ClN2/c1-7-12(14)8(2)17(16-7)11-4-3-9(6-13)5-10(11)15/h3-5H,6H2,1-2H3. The van der Waals surface area contributed by atoms with Crippen LogP contribution in [0.5, 0.6) is 0 Å². The third kappa shape index (κ3) is 2.44. The average molecular weight is 378 g/mol. The SMILES string of the molecule is Cc1nn(-c2ccc(CBr)cc2Cl)c(C)c1Br. The molecule has 0 atom stereocenters. The van der Waals surface area contributed by atoms with Crippen LogP contribution < -0.4 is 0 Å². The summed E-state index contributed by atoms with van der Waals surface area (Å²) in [5.41, 5.74) is 4.07. The van der Waals surface area contributed by atoms with E-state index in [-0.39, 0.29) is 0 Å². The fourth-order valence-electron chi connectivity index (χ4n) is 1.66. The zero-order valence-corrected chi connectivity index (χ0v) is 13.4. The minimum absolute atomic E-state index is 0.708. The first-order chi connectivity index (χ1) is 8.04. The zero-order chi connectivity index (χ0) is 12.6. The van der Waals surface area contributed by atoms with Crippen molar-refractivity contribution in [3.05, 3.63) is 44.6 Å². The molecular weight excluding hydrogens is 367 g/mol. The molecule has 1 heterocycles. The monoisotopic (exact) mass is 376 g/mol. The van der Waals surface area contributed by atoms with Gasteiger partial charge in [-0.15, -0.1) is 0 Å². The van der Waals surface area contributed by atoms with Gasteiger partial charge < -0.3 is 0 Å². The summed E-state index contributed by atoms with van der Waals surface area (Å²) in [6.07, 6.45) is 0. The van der Waals surface area contributed by atoms with Gasteiger partial charge in [0.1, 0.15) is 0 Å². The van der Waals surface area contributed by atoms with Gasteiger partial charge in [-0.3, -0.25) is 0 Å². The Kier molecular flexibility index (Phi) is 3.95. The lowest BCUT2D eigenvalue weighted by molar-refractivity contribution is 0.833. The van der Waals surface area contributed by atoms with Crippen LogP contribution in [0.4, 0.5) is 0 Å². The lowest BCUT2D eigenvalue weighted by atomic mass is 10.2. The highest BCUT2D eigenvalue weighted by atomic mass is 79.9. The van der Waals surface area contributed by atoms with Crippen LogP contribution in [0, 0.1) is 13.8 Å². The number of rotatable bonds is 2. The molecule has 2 rings (SSSR count). The quantitative estimate of drug-likeness (QED) is 0.687. The van der Waals surface area contributed by atoms with Crippen LogP contribution in [0.2, 0.25) is 5.02 Å². The van der Waals surface area contributed by atoms with Crippen molar-refractivity contribution in [2.24, 2.45) is 0 Å². The largest absolute Gasteiger partial charge is 0.235 e. The third-order valence-electron chi connectivity index (χ3n) is 2.60. The number of benzene rings is 1. The van der Waals surface area contributed by atoms with E-state index in [1.165, 1.54) is 0 Å². The lowest BCUT2D eigenvalue weighted by Crippen LogP contribution is -2.00. The van der Waals surface area contributed by atoms with E-state index < -0.39 is 0 Å². The fraction of sp³-hybridized carbons (Fsp3) is 0.250. The predicted molar refractivity (Wildman–Crippen MR) is 78.4 cm³/mol. The predicted octanol–water partition coefficient (Wildman–Crippen LogP) is 4.80. The van der Waals surface area contributed by atoms with Crippen LogP contribution in [0.1, 0.15) is 17.0 Å². The van der Waals surface area contributed by atoms with Gasteiger partial charge in [-0.2, -0.15) is 5.10 Å². The minimum atomic E-state index is 0.708. The maximum Gasteiger partial charge on any atom is 0.0835 e. The molecule has 1 aromatic carbocycles. The molecule has 0 N–H and O–H groups in total. The Balaban J connectivity index is 2.57. The van der Waals surface area contributed by atoms with Crippen molar-refractivity contribution in [3.8, 4) is 5.69 Å². The van der Waals surface area contributed by atoms with Crippen LogP contribution in [0.25, 0.3) is 5.69 Å². The zero-order valence-electron chi connectivity index (χ0n) is 9.47. The highest BCUT2D eigenvalue weighted by Gasteiger charge is 2.12. The van der Waals surface area contributed by atoms with Crippen LogP contribution in [-0.4, -0.2) is 9.78 Å². The van der Waals surface area contributed by atoms with E-state index in [1.54, 1.807) is 0 Å². The Morgan fingerprint density at radius 1 is 1.35 bits per heavy atom. The smallest absolute Gasteiger partial charge is 0.0835 e. The molecule has 0 saturated heterocycles. The molecule has 0 amide bonds. The van der Waals surface area contributed by atoms with Crippen molar-refractivity contribution >= 4 is 43.5 Å². The van der Waals surface area contributed by atoms with Crippen LogP contribution in [0.3, 0.4) is 0 Å². The first-order valence-corrected chi connectivity index (χ1v) is 7.40. The maximum absolute atomic E-state index is 6.28. The fourth-order valence-corrected chi connectivity index (χ4v) is 2.54. The summed E-state index contributed by atoms with van der Waals surface area (Å²) in [5.74, 6) is 0. The topological polar surface area (TPSA) is 17.8 Å². The van der Waals surface area contributed by atoms with Crippen molar-refractivity contribution in [1.29, 1.82) is 0 Å². The van der Waals surface area contributed by atoms with Gasteiger partial charge in [0.2, 0.25) is 0 Å². The number of hydrogen-bond acceptors (Lipinski definition) is 1. The Morgan fingerprint density at radius 2 is 2.06 bits per heavy atom. The number of alkyl halides is 1. The summed E-state index contributed by atoms with van der Waals surface area (Å²) in [6, 6.07) is 5.99. The van der Waals surface area contributed by atoms with Crippen LogP contribution in [0.15, 0.2) is 22.7 Å². The Labute approximate surface area is 122 Å². The van der Waals surface area contributed by atoms with Crippen molar-refractivity contribution in [1.82, 2.24) is 9.78 Å². The van der Waals surface area contributed by atoms with Gasteiger partial charge in [-0.05, 0) is 47.5 Å². The molecule has 0 bridgehead atoms. The van der Waals surface area contributed by atoms with Crippen LogP contribution >= 0.6 is 43.5 Å². The minimum Gasteiger partial charge on any atom is -0.235 e. The van der Waals surface area contributed by atoms with Gasteiger partial charge in [-0.1, -0.05) is 33.6 Å². The summed E-state index contributed by atoms with van der Waals surface area (Å²) < 4.78 is 2.89. The van der Waals surface area contributed by atoms with Gasteiger partial charge in [0.25, 0.3) is 0 Å². The molecule has 0 saturated carbocycles. The molecule has 2 aromatic rings. The molecule has 0 unspecified atom stereocenters. The highest BCUT2D eigenvalue weighted by Crippen LogP contribution is 2.28. The molecule has 0 aliphatic heterocycles. The van der Waals surface area contributed by atoms with Gasteiger partial charge in [-0.25, -0.2) is 4.68 Å². The van der Waals surface area contributed by atoms with Gasteiger partial charge in [0.15, 0.2) is 0 Å². The van der Waals surface area contributed by atoms with E-state index in [0.717, 1.165) is 32.4 Å². The third-order valence-corrected chi connectivity index (χ3v) is 4.70. The number of nitrogens with zero attached hydrogens (tertiary/aromatic N) is 2. The van der Waals surface area contributed by atoms with E-state index in [9.17, 15) is 0 Å². The number of aromatic nitrogens is 2. The van der Waals surface area contributed by atoms with Gasteiger partial charge in [0.05, 0.1) is 26.6 Å². The van der Waals surface area contributed by atoms with Crippen molar-refractivity contribution in [2.75, 3.05) is 0 Å². The van der Waals surface area contributed by atoms with Crippen molar-refractivity contribution < 1.29 is 0 Å². The van der Waals surface area contributed by atoms with Crippen molar-refractivity contribution in [3.63, 3.8) is 0 Å². The molecule has 90 valence electrons. The van der Waals surface area contributed by atoms with Gasteiger partial charge in [0, 0.05) is 5.33 Å². The number of aryl methyl sites for hydroxylation is 1. The Morgan fingerprint density at radius 3 is 2.53 bits per heavy atom. The van der Waals surface area contributed by atoms with Crippen LogP contribution in [-0.2, 0) is 5.33 Å². The number of hydrogen-bond donors (Lipinski definition) is 0. The summed E-state index contributed by atoms with van der Waals surface area (Å²) >= 11 is 13.2. The Bertz CT molecular complexity index is 564. The molecule has 0 spiro atoms. The molecular formula is C12H11Br2ClN2. The molecule has 0 aliphatic carbocycles. The summed E-state index contributed by atoms with van der Waals surface area (Å²) in [7, 11) is 0. The van der Waals surface area contributed by atoms with E-state index in [1.807, 2.05) is 36.7 Å². The van der Waals surface area contributed by atoms with Gasteiger partial charge >= 0.3 is 0 Å². The lowest BCUT2D eigenvalue weighted by Gasteiger charge is -2.08. The second-order valence-electron chi connectivity index (χ2n) is 3.82. The molecule has 5 heteroatoms. The van der Waals surface area contributed by atoms with E-state index >= 15 is 0 Å². The summed E-state index contributed by atoms with van der Waals surface area (Å²) in [4.78, 5) is 0. The van der Waals surface area contributed by atoms with E-state index in [0.29, 0.717) is 5.02 Å². The first-order valence-electron chi connectivity index (χ1n) is 5.11. The molecule has 17 heavy (non-hydrogen) atoms. The number of halogens is 3.